The molecule has 0 atom stereocenters. The standard InChI is InChI=1S/C12H24O2/c1-9(2)10-13-11(3,4)7-8-12(5,6)14-10/h9-10H,7-8H2,1-6H3. The molecule has 84 valence electrons. The highest BCUT2D eigenvalue weighted by molar-refractivity contribution is 4.81. The third-order valence-corrected chi connectivity index (χ3v) is 2.74. The SMILES string of the molecule is CC(C)C1OC(C)(C)CCC(C)(C)O1. The largest absolute Gasteiger partial charge is 0.346 e. The van der Waals surface area contributed by atoms with Crippen LogP contribution in [0.1, 0.15) is 54.4 Å². The minimum Gasteiger partial charge on any atom is -0.346 e. The quantitative estimate of drug-likeness (QED) is 0.646. The van der Waals surface area contributed by atoms with Gasteiger partial charge < -0.3 is 9.47 Å². The molecule has 1 saturated heterocycles. The predicted molar refractivity (Wildman–Crippen MR) is 58.2 cm³/mol. The van der Waals surface area contributed by atoms with Crippen molar-refractivity contribution in [1.29, 1.82) is 0 Å². The minimum absolute atomic E-state index is 0.0529. The summed E-state index contributed by atoms with van der Waals surface area (Å²) in [6.07, 6.45) is 2.05. The minimum atomic E-state index is -0.0671. The Morgan fingerprint density at radius 1 is 0.929 bits per heavy atom. The van der Waals surface area contributed by atoms with Gasteiger partial charge in [0, 0.05) is 5.92 Å². The molecule has 0 amide bonds. The van der Waals surface area contributed by atoms with Gasteiger partial charge in [-0.1, -0.05) is 13.8 Å². The Labute approximate surface area is 88.0 Å². The van der Waals surface area contributed by atoms with Gasteiger partial charge in [0.05, 0.1) is 11.2 Å². The molecule has 0 radical (unpaired) electrons. The molecule has 0 spiro atoms. The van der Waals surface area contributed by atoms with Crippen LogP contribution in [0.25, 0.3) is 0 Å². The molecule has 2 nitrogen and oxygen atoms in total. The number of ether oxygens (including phenoxy) is 2. The lowest BCUT2D eigenvalue weighted by Crippen LogP contribution is -2.35. The Hall–Kier alpha value is -0.0800. The van der Waals surface area contributed by atoms with Crippen LogP contribution in [-0.2, 0) is 9.47 Å². The molecular weight excluding hydrogens is 176 g/mol. The Balaban J connectivity index is 2.76. The maximum atomic E-state index is 5.97. The molecule has 2 heteroatoms. The van der Waals surface area contributed by atoms with Crippen LogP contribution in [0, 0.1) is 5.92 Å². The van der Waals surface area contributed by atoms with E-state index in [1.54, 1.807) is 0 Å². The van der Waals surface area contributed by atoms with E-state index in [0.29, 0.717) is 5.92 Å². The molecule has 0 N–H and O–H groups in total. The van der Waals surface area contributed by atoms with E-state index >= 15 is 0 Å². The first kappa shape index (κ1) is 12.0. The van der Waals surface area contributed by atoms with Crippen LogP contribution < -0.4 is 0 Å². The summed E-state index contributed by atoms with van der Waals surface area (Å²) in [5.41, 5.74) is -0.106. The maximum Gasteiger partial charge on any atom is 0.161 e. The van der Waals surface area contributed by atoms with Crippen molar-refractivity contribution in [3.8, 4) is 0 Å². The molecule has 0 unspecified atom stereocenters. The smallest absolute Gasteiger partial charge is 0.161 e. The zero-order chi connectivity index (χ0) is 11.0. The average Bonchev–Trinajstić information content (AvgIpc) is 2.08. The topological polar surface area (TPSA) is 18.5 Å². The normalized spacial score (nSPS) is 27.6. The van der Waals surface area contributed by atoms with E-state index in [4.69, 9.17) is 9.47 Å². The molecule has 1 aliphatic heterocycles. The first-order valence-corrected chi connectivity index (χ1v) is 5.57. The fourth-order valence-electron chi connectivity index (χ4n) is 1.65. The lowest BCUT2D eigenvalue weighted by Gasteiger charge is -2.31. The maximum absolute atomic E-state index is 5.97. The molecular formula is C12H24O2. The van der Waals surface area contributed by atoms with E-state index < -0.39 is 0 Å². The zero-order valence-electron chi connectivity index (χ0n) is 10.4. The Morgan fingerprint density at radius 3 is 1.57 bits per heavy atom. The average molecular weight is 200 g/mol. The van der Waals surface area contributed by atoms with E-state index in [1.807, 2.05) is 0 Å². The van der Waals surface area contributed by atoms with E-state index in [9.17, 15) is 0 Å². The van der Waals surface area contributed by atoms with E-state index in [1.165, 1.54) is 0 Å². The van der Waals surface area contributed by atoms with Crippen molar-refractivity contribution in [2.45, 2.75) is 71.9 Å². The number of rotatable bonds is 1. The molecule has 1 rings (SSSR count). The third-order valence-electron chi connectivity index (χ3n) is 2.74. The van der Waals surface area contributed by atoms with E-state index in [-0.39, 0.29) is 17.5 Å². The molecule has 1 aliphatic rings. The lowest BCUT2D eigenvalue weighted by atomic mass is 9.94. The van der Waals surface area contributed by atoms with E-state index in [2.05, 4.69) is 41.5 Å². The van der Waals surface area contributed by atoms with Gasteiger partial charge in [0.25, 0.3) is 0 Å². The van der Waals surface area contributed by atoms with Crippen LogP contribution in [0.4, 0.5) is 0 Å². The second-order valence-corrected chi connectivity index (χ2v) is 5.87. The fourth-order valence-corrected chi connectivity index (χ4v) is 1.65. The molecule has 1 heterocycles. The first-order chi connectivity index (χ1) is 6.22. The third kappa shape index (κ3) is 3.25. The molecule has 0 aromatic carbocycles. The highest BCUT2D eigenvalue weighted by Crippen LogP contribution is 2.34. The summed E-state index contributed by atoms with van der Waals surface area (Å²) in [6.45, 7) is 12.9. The van der Waals surface area contributed by atoms with Crippen molar-refractivity contribution in [2.24, 2.45) is 5.92 Å². The van der Waals surface area contributed by atoms with Gasteiger partial charge in [0.2, 0.25) is 0 Å². The molecule has 0 bridgehead atoms. The second-order valence-electron chi connectivity index (χ2n) is 5.87. The van der Waals surface area contributed by atoms with Crippen molar-refractivity contribution < 1.29 is 9.47 Å². The highest BCUT2D eigenvalue weighted by Gasteiger charge is 2.36. The molecule has 14 heavy (non-hydrogen) atoms. The van der Waals surface area contributed by atoms with Crippen molar-refractivity contribution in [2.75, 3.05) is 0 Å². The van der Waals surface area contributed by atoms with Gasteiger partial charge in [0.1, 0.15) is 0 Å². The summed E-state index contributed by atoms with van der Waals surface area (Å²) in [7, 11) is 0. The van der Waals surface area contributed by atoms with Crippen LogP contribution in [-0.4, -0.2) is 17.5 Å². The molecule has 0 saturated carbocycles. The molecule has 0 aromatic rings. The van der Waals surface area contributed by atoms with Gasteiger partial charge in [-0.25, -0.2) is 0 Å². The summed E-state index contributed by atoms with van der Waals surface area (Å²) in [6, 6.07) is 0. The summed E-state index contributed by atoms with van der Waals surface area (Å²) in [5.74, 6) is 0.409. The van der Waals surface area contributed by atoms with Crippen LogP contribution in [0.2, 0.25) is 0 Å². The summed E-state index contributed by atoms with van der Waals surface area (Å²) in [4.78, 5) is 0. The van der Waals surface area contributed by atoms with Gasteiger partial charge in [-0.15, -0.1) is 0 Å². The monoisotopic (exact) mass is 200 g/mol. The Morgan fingerprint density at radius 2 is 1.29 bits per heavy atom. The summed E-state index contributed by atoms with van der Waals surface area (Å²) < 4.78 is 11.9. The van der Waals surface area contributed by atoms with E-state index in [0.717, 1.165) is 12.8 Å². The van der Waals surface area contributed by atoms with Crippen molar-refractivity contribution in [3.05, 3.63) is 0 Å². The zero-order valence-corrected chi connectivity index (χ0v) is 10.4. The van der Waals surface area contributed by atoms with Gasteiger partial charge in [0.15, 0.2) is 6.29 Å². The molecule has 0 aliphatic carbocycles. The molecule has 0 aromatic heterocycles. The summed E-state index contributed by atoms with van der Waals surface area (Å²) in [5, 5.41) is 0. The van der Waals surface area contributed by atoms with Crippen LogP contribution in [0.3, 0.4) is 0 Å². The van der Waals surface area contributed by atoms with Gasteiger partial charge >= 0.3 is 0 Å². The van der Waals surface area contributed by atoms with Crippen LogP contribution >= 0.6 is 0 Å². The highest BCUT2D eigenvalue weighted by atomic mass is 16.7. The second kappa shape index (κ2) is 3.82. The fraction of sp³-hybridized carbons (Fsp3) is 1.00. The van der Waals surface area contributed by atoms with Gasteiger partial charge in [-0.3, -0.25) is 0 Å². The van der Waals surface area contributed by atoms with Crippen molar-refractivity contribution in [1.82, 2.24) is 0 Å². The molecule has 1 fully saturated rings. The van der Waals surface area contributed by atoms with Crippen molar-refractivity contribution in [3.63, 3.8) is 0 Å². The Kier molecular flexibility index (Phi) is 3.27. The van der Waals surface area contributed by atoms with Crippen molar-refractivity contribution >= 4 is 0 Å². The summed E-state index contributed by atoms with van der Waals surface area (Å²) >= 11 is 0. The Bertz CT molecular complexity index is 176. The van der Waals surface area contributed by atoms with Gasteiger partial charge in [-0.2, -0.15) is 0 Å². The van der Waals surface area contributed by atoms with Crippen LogP contribution in [0.15, 0.2) is 0 Å². The first-order valence-electron chi connectivity index (χ1n) is 5.57. The predicted octanol–water partition coefficient (Wildman–Crippen LogP) is 3.35. The number of hydrogen-bond acceptors (Lipinski definition) is 2. The van der Waals surface area contributed by atoms with Crippen LogP contribution in [0.5, 0.6) is 0 Å². The lowest BCUT2D eigenvalue weighted by molar-refractivity contribution is -0.236. The van der Waals surface area contributed by atoms with Gasteiger partial charge in [-0.05, 0) is 40.5 Å². The number of hydrogen-bond donors (Lipinski definition) is 0.